The summed E-state index contributed by atoms with van der Waals surface area (Å²) in [4.78, 5) is 26.7. The van der Waals surface area contributed by atoms with Crippen molar-refractivity contribution in [2.24, 2.45) is 5.10 Å². The van der Waals surface area contributed by atoms with Gasteiger partial charge < -0.3 is 11.1 Å². The van der Waals surface area contributed by atoms with Gasteiger partial charge in [0.25, 0.3) is 5.91 Å². The van der Waals surface area contributed by atoms with Crippen molar-refractivity contribution in [2.45, 2.75) is 6.92 Å². The van der Waals surface area contributed by atoms with E-state index in [4.69, 9.17) is 5.73 Å². The quantitative estimate of drug-likeness (QED) is 0.426. The molecule has 0 aliphatic rings. The normalized spacial score (nSPS) is 11.4. The number of aromatic nitrogens is 4. The van der Waals surface area contributed by atoms with Crippen LogP contribution in [-0.2, 0) is 0 Å². The van der Waals surface area contributed by atoms with E-state index in [0.29, 0.717) is 27.9 Å². The fourth-order valence-corrected chi connectivity index (χ4v) is 3.48. The smallest absolute Gasteiger partial charge is 0.261 e. The van der Waals surface area contributed by atoms with Crippen LogP contribution in [0.4, 0.5) is 11.5 Å². The SMILES string of the molecule is Cc1cccc(NC(=O)c2c(N)n(N=Cc3cccnc3)c3nc4ccccc4nc23)c1. The molecule has 0 saturated carbocycles. The summed E-state index contributed by atoms with van der Waals surface area (Å²) in [5.41, 5.74) is 11.3. The van der Waals surface area contributed by atoms with Crippen LogP contribution in [0.15, 0.2) is 78.2 Å². The average Bonchev–Trinajstić information content (AvgIpc) is 3.07. The van der Waals surface area contributed by atoms with Gasteiger partial charge in [-0.15, -0.1) is 0 Å². The molecule has 8 nitrogen and oxygen atoms in total. The molecule has 1 amide bonds. The summed E-state index contributed by atoms with van der Waals surface area (Å²) in [5, 5.41) is 7.38. The molecule has 0 aliphatic carbocycles. The van der Waals surface area contributed by atoms with E-state index in [1.54, 1.807) is 18.6 Å². The van der Waals surface area contributed by atoms with Gasteiger partial charge in [0.1, 0.15) is 16.9 Å². The zero-order chi connectivity index (χ0) is 22.1. The lowest BCUT2D eigenvalue weighted by molar-refractivity contribution is 0.102. The van der Waals surface area contributed by atoms with Crippen LogP contribution in [0.3, 0.4) is 0 Å². The molecule has 2 aromatic carbocycles. The largest absolute Gasteiger partial charge is 0.383 e. The molecule has 0 aliphatic heterocycles. The van der Waals surface area contributed by atoms with Crippen molar-refractivity contribution < 1.29 is 4.79 Å². The standard InChI is InChI=1S/C24H19N7O/c1-15-6-4-8-17(12-15)28-24(32)20-21-23(30-19-10-3-2-9-18(19)29-21)31(22(20)25)27-14-16-7-5-11-26-13-16/h2-14H,25H2,1H3,(H,28,32). The van der Waals surface area contributed by atoms with Gasteiger partial charge in [-0.3, -0.25) is 9.78 Å². The van der Waals surface area contributed by atoms with E-state index >= 15 is 0 Å². The third kappa shape index (κ3) is 3.54. The van der Waals surface area contributed by atoms with Gasteiger partial charge in [0, 0.05) is 23.6 Å². The molecule has 3 N–H and O–H groups in total. The molecule has 0 bridgehead atoms. The highest BCUT2D eigenvalue weighted by atomic mass is 16.1. The molecule has 8 heteroatoms. The number of para-hydroxylation sites is 2. The molecule has 156 valence electrons. The van der Waals surface area contributed by atoms with Gasteiger partial charge in [-0.2, -0.15) is 9.78 Å². The van der Waals surface area contributed by atoms with Crippen molar-refractivity contribution in [1.29, 1.82) is 0 Å². The minimum Gasteiger partial charge on any atom is -0.383 e. The van der Waals surface area contributed by atoms with Crippen molar-refractivity contribution in [2.75, 3.05) is 11.1 Å². The molecule has 32 heavy (non-hydrogen) atoms. The van der Waals surface area contributed by atoms with Crippen LogP contribution < -0.4 is 11.1 Å². The van der Waals surface area contributed by atoms with E-state index in [2.05, 4.69) is 25.4 Å². The van der Waals surface area contributed by atoms with Crippen LogP contribution in [0.2, 0.25) is 0 Å². The van der Waals surface area contributed by atoms with E-state index in [9.17, 15) is 4.79 Å². The highest BCUT2D eigenvalue weighted by molar-refractivity contribution is 6.16. The van der Waals surface area contributed by atoms with Gasteiger partial charge in [-0.1, -0.05) is 30.3 Å². The number of carbonyl (C=O) groups excluding carboxylic acids is 1. The van der Waals surface area contributed by atoms with Crippen LogP contribution in [-0.4, -0.2) is 31.7 Å². The lowest BCUT2D eigenvalue weighted by Gasteiger charge is -2.06. The summed E-state index contributed by atoms with van der Waals surface area (Å²) in [6.45, 7) is 1.96. The number of hydrogen-bond donors (Lipinski definition) is 2. The van der Waals surface area contributed by atoms with Gasteiger partial charge in [0.2, 0.25) is 0 Å². The first-order valence-electron chi connectivity index (χ1n) is 9.99. The zero-order valence-corrected chi connectivity index (χ0v) is 17.2. The molecular weight excluding hydrogens is 402 g/mol. The maximum absolute atomic E-state index is 13.2. The molecule has 5 rings (SSSR count). The summed E-state index contributed by atoms with van der Waals surface area (Å²) < 4.78 is 1.44. The zero-order valence-electron chi connectivity index (χ0n) is 17.2. The number of hydrogen-bond acceptors (Lipinski definition) is 6. The first-order chi connectivity index (χ1) is 15.6. The first-order valence-corrected chi connectivity index (χ1v) is 9.99. The van der Waals surface area contributed by atoms with E-state index in [1.807, 2.05) is 67.6 Å². The van der Waals surface area contributed by atoms with Crippen LogP contribution in [0.1, 0.15) is 21.5 Å². The molecule has 0 saturated heterocycles. The summed E-state index contributed by atoms with van der Waals surface area (Å²) in [7, 11) is 0. The predicted molar refractivity (Wildman–Crippen MR) is 126 cm³/mol. The maximum atomic E-state index is 13.2. The molecule has 0 spiro atoms. The van der Waals surface area contributed by atoms with Crippen molar-refractivity contribution in [1.82, 2.24) is 19.6 Å². The number of aryl methyl sites for hydroxylation is 1. The molecular formula is C24H19N7O. The second kappa shape index (κ2) is 7.92. The molecule has 0 atom stereocenters. The number of benzene rings is 2. The molecule has 0 unspecified atom stereocenters. The van der Waals surface area contributed by atoms with Crippen LogP contribution in [0.5, 0.6) is 0 Å². The Hall–Kier alpha value is -4.59. The lowest BCUT2D eigenvalue weighted by Crippen LogP contribution is -2.14. The molecule has 3 heterocycles. The molecule has 0 radical (unpaired) electrons. The lowest BCUT2D eigenvalue weighted by atomic mass is 10.2. The predicted octanol–water partition coefficient (Wildman–Crippen LogP) is 4.00. The molecule has 5 aromatic rings. The number of nitrogen functional groups attached to an aromatic ring is 1. The van der Waals surface area contributed by atoms with Gasteiger partial charge in [-0.05, 0) is 42.8 Å². The monoisotopic (exact) mass is 421 g/mol. The minimum atomic E-state index is -0.377. The molecule has 0 fully saturated rings. The van der Waals surface area contributed by atoms with E-state index in [-0.39, 0.29) is 17.3 Å². The third-order valence-corrected chi connectivity index (χ3v) is 4.98. The number of carbonyl (C=O) groups is 1. The number of pyridine rings is 1. The van der Waals surface area contributed by atoms with Crippen molar-refractivity contribution in [3.63, 3.8) is 0 Å². The summed E-state index contributed by atoms with van der Waals surface area (Å²) in [6.07, 6.45) is 4.97. The summed E-state index contributed by atoms with van der Waals surface area (Å²) in [6, 6.07) is 18.7. The number of fused-ring (bicyclic) bond motifs is 2. The number of nitrogens with one attached hydrogen (secondary N) is 1. The number of nitrogens with two attached hydrogens (primary N) is 1. The third-order valence-electron chi connectivity index (χ3n) is 4.98. The highest BCUT2D eigenvalue weighted by Crippen LogP contribution is 2.28. The van der Waals surface area contributed by atoms with Crippen LogP contribution in [0.25, 0.3) is 22.2 Å². The topological polar surface area (TPSA) is 111 Å². The summed E-state index contributed by atoms with van der Waals surface area (Å²) in [5.74, 6) is -0.224. The van der Waals surface area contributed by atoms with Crippen LogP contribution in [0, 0.1) is 6.92 Å². The van der Waals surface area contributed by atoms with Crippen LogP contribution >= 0.6 is 0 Å². The average molecular weight is 421 g/mol. The van der Waals surface area contributed by atoms with Gasteiger partial charge >= 0.3 is 0 Å². The van der Waals surface area contributed by atoms with Gasteiger partial charge in [-0.25, -0.2) is 9.97 Å². The Balaban J connectivity index is 1.67. The fourth-order valence-electron chi connectivity index (χ4n) is 3.48. The number of nitrogens with zero attached hydrogens (tertiary/aromatic N) is 5. The van der Waals surface area contributed by atoms with Crippen molar-refractivity contribution in [3.05, 3.63) is 89.7 Å². The Labute approximate surface area is 183 Å². The number of amides is 1. The Morgan fingerprint density at radius 3 is 2.62 bits per heavy atom. The Kier molecular flexibility index (Phi) is 4.79. The number of rotatable bonds is 4. The first kappa shape index (κ1) is 19.4. The van der Waals surface area contributed by atoms with Crippen molar-refractivity contribution >= 4 is 45.8 Å². The van der Waals surface area contributed by atoms with E-state index < -0.39 is 0 Å². The highest BCUT2D eigenvalue weighted by Gasteiger charge is 2.24. The van der Waals surface area contributed by atoms with E-state index in [0.717, 1.165) is 11.1 Å². The van der Waals surface area contributed by atoms with Gasteiger partial charge in [0.05, 0.1) is 17.2 Å². The Morgan fingerprint density at radius 2 is 1.88 bits per heavy atom. The number of anilines is 2. The molecule has 3 aromatic heterocycles. The summed E-state index contributed by atoms with van der Waals surface area (Å²) >= 11 is 0. The second-order valence-electron chi connectivity index (χ2n) is 7.31. The minimum absolute atomic E-state index is 0.153. The fraction of sp³-hybridized carbons (Fsp3) is 0.0417. The van der Waals surface area contributed by atoms with Crippen molar-refractivity contribution in [3.8, 4) is 0 Å². The Bertz CT molecular complexity index is 1490. The van der Waals surface area contributed by atoms with E-state index in [1.165, 1.54) is 4.68 Å². The second-order valence-corrected chi connectivity index (χ2v) is 7.31. The maximum Gasteiger partial charge on any atom is 0.261 e. The van der Waals surface area contributed by atoms with Gasteiger partial charge in [0.15, 0.2) is 5.65 Å². The Morgan fingerprint density at radius 1 is 1.06 bits per heavy atom.